The first kappa shape index (κ1) is 16.4. The second kappa shape index (κ2) is 7.00. The SMILES string of the molecule is CCOc1ccc(N2C(=O)C[C@@H]([NH2+][C@@H]3CCCNC3=O)C2=O)cc1. The summed E-state index contributed by atoms with van der Waals surface area (Å²) in [6.07, 6.45) is 1.74. The van der Waals surface area contributed by atoms with Crippen LogP contribution in [0.2, 0.25) is 0 Å². The molecule has 2 heterocycles. The normalized spacial score (nSPS) is 24.2. The molecule has 2 aliphatic heterocycles. The van der Waals surface area contributed by atoms with Crippen LogP contribution in [0.1, 0.15) is 26.2 Å². The lowest BCUT2D eigenvalue weighted by atomic mass is 10.1. The summed E-state index contributed by atoms with van der Waals surface area (Å²) in [4.78, 5) is 38.0. The van der Waals surface area contributed by atoms with Gasteiger partial charge in [-0.2, -0.15) is 0 Å². The minimum absolute atomic E-state index is 0.0546. The van der Waals surface area contributed by atoms with Gasteiger partial charge in [0.1, 0.15) is 5.75 Å². The molecular formula is C17H22N3O4+. The molecular weight excluding hydrogens is 310 g/mol. The number of ether oxygens (including phenoxy) is 1. The molecule has 7 heteroatoms. The molecule has 24 heavy (non-hydrogen) atoms. The molecule has 2 saturated heterocycles. The lowest BCUT2D eigenvalue weighted by Crippen LogP contribution is -2.98. The summed E-state index contributed by atoms with van der Waals surface area (Å²) >= 11 is 0. The molecule has 0 unspecified atom stereocenters. The molecule has 0 aromatic heterocycles. The predicted molar refractivity (Wildman–Crippen MR) is 86.5 cm³/mol. The molecule has 0 radical (unpaired) electrons. The highest BCUT2D eigenvalue weighted by molar-refractivity contribution is 6.21. The Hall–Kier alpha value is -2.41. The van der Waals surface area contributed by atoms with Gasteiger partial charge < -0.3 is 15.4 Å². The zero-order valence-corrected chi connectivity index (χ0v) is 13.7. The number of quaternary nitrogens is 1. The number of hydrogen-bond acceptors (Lipinski definition) is 4. The number of hydrogen-bond donors (Lipinski definition) is 2. The van der Waals surface area contributed by atoms with Crippen molar-refractivity contribution in [3.05, 3.63) is 24.3 Å². The first-order valence-corrected chi connectivity index (χ1v) is 8.32. The van der Waals surface area contributed by atoms with Gasteiger partial charge in [-0.1, -0.05) is 0 Å². The van der Waals surface area contributed by atoms with Crippen molar-refractivity contribution in [3.8, 4) is 5.75 Å². The van der Waals surface area contributed by atoms with Gasteiger partial charge in [0, 0.05) is 13.0 Å². The van der Waals surface area contributed by atoms with Crippen LogP contribution in [0.15, 0.2) is 24.3 Å². The zero-order valence-electron chi connectivity index (χ0n) is 13.7. The summed E-state index contributed by atoms with van der Waals surface area (Å²) in [5.41, 5.74) is 0.539. The first-order chi connectivity index (χ1) is 11.6. The summed E-state index contributed by atoms with van der Waals surface area (Å²) in [7, 11) is 0. The summed E-state index contributed by atoms with van der Waals surface area (Å²) in [6.45, 7) is 3.13. The molecule has 0 saturated carbocycles. The molecule has 7 nitrogen and oxygen atoms in total. The van der Waals surface area contributed by atoms with Crippen molar-refractivity contribution in [1.82, 2.24) is 5.32 Å². The maximum Gasteiger partial charge on any atom is 0.292 e. The van der Waals surface area contributed by atoms with Crippen LogP contribution in [0.25, 0.3) is 0 Å². The molecule has 2 fully saturated rings. The first-order valence-electron chi connectivity index (χ1n) is 8.32. The van der Waals surface area contributed by atoms with Gasteiger partial charge in [-0.05, 0) is 37.6 Å². The Kier molecular flexibility index (Phi) is 4.80. The van der Waals surface area contributed by atoms with Gasteiger partial charge in [0.05, 0.1) is 18.7 Å². The molecule has 3 amide bonds. The van der Waals surface area contributed by atoms with Crippen molar-refractivity contribution < 1.29 is 24.4 Å². The van der Waals surface area contributed by atoms with Crippen LogP contribution >= 0.6 is 0 Å². The molecule has 3 N–H and O–H groups in total. The molecule has 2 atom stereocenters. The third-order valence-corrected chi connectivity index (χ3v) is 4.38. The van der Waals surface area contributed by atoms with E-state index in [0.29, 0.717) is 24.6 Å². The maximum atomic E-state index is 12.6. The van der Waals surface area contributed by atoms with E-state index < -0.39 is 6.04 Å². The van der Waals surface area contributed by atoms with Crippen molar-refractivity contribution >= 4 is 23.4 Å². The van der Waals surface area contributed by atoms with Gasteiger partial charge in [-0.15, -0.1) is 0 Å². The molecule has 0 bridgehead atoms. The third kappa shape index (κ3) is 3.26. The molecule has 0 spiro atoms. The van der Waals surface area contributed by atoms with E-state index >= 15 is 0 Å². The van der Waals surface area contributed by atoms with Crippen LogP contribution in [-0.2, 0) is 14.4 Å². The molecule has 128 valence electrons. The smallest absolute Gasteiger partial charge is 0.292 e. The Morgan fingerprint density at radius 2 is 1.96 bits per heavy atom. The van der Waals surface area contributed by atoms with E-state index in [1.807, 2.05) is 6.92 Å². The predicted octanol–water partition coefficient (Wildman–Crippen LogP) is -0.441. The summed E-state index contributed by atoms with van der Waals surface area (Å²) in [5.74, 6) is 0.146. The third-order valence-electron chi connectivity index (χ3n) is 4.38. The number of nitrogens with two attached hydrogens (primary N) is 1. The number of carbonyl (C=O) groups excluding carboxylic acids is 3. The number of imide groups is 1. The Morgan fingerprint density at radius 3 is 2.62 bits per heavy atom. The lowest BCUT2D eigenvalue weighted by Gasteiger charge is -2.22. The lowest BCUT2D eigenvalue weighted by molar-refractivity contribution is -0.696. The van der Waals surface area contributed by atoms with Crippen molar-refractivity contribution in [2.45, 2.75) is 38.3 Å². The van der Waals surface area contributed by atoms with Crippen molar-refractivity contribution in [2.24, 2.45) is 0 Å². The van der Waals surface area contributed by atoms with Crippen molar-refractivity contribution in [3.63, 3.8) is 0 Å². The van der Waals surface area contributed by atoms with Crippen molar-refractivity contribution in [1.29, 1.82) is 0 Å². The van der Waals surface area contributed by atoms with Crippen LogP contribution in [0.3, 0.4) is 0 Å². The van der Waals surface area contributed by atoms with Gasteiger partial charge in [-0.3, -0.25) is 14.4 Å². The Balaban J connectivity index is 1.70. The molecule has 3 rings (SSSR count). The van der Waals surface area contributed by atoms with Crippen LogP contribution in [0, 0.1) is 0 Å². The average Bonchev–Trinajstić information content (AvgIpc) is 2.85. The van der Waals surface area contributed by atoms with E-state index in [0.717, 1.165) is 12.8 Å². The molecule has 1 aromatic rings. The molecule has 2 aliphatic rings. The van der Waals surface area contributed by atoms with E-state index in [-0.39, 0.29) is 30.2 Å². The van der Waals surface area contributed by atoms with Gasteiger partial charge in [0.25, 0.3) is 11.8 Å². The maximum absolute atomic E-state index is 12.6. The second-order valence-corrected chi connectivity index (χ2v) is 6.04. The van der Waals surface area contributed by atoms with E-state index in [4.69, 9.17) is 4.74 Å². The van der Waals surface area contributed by atoms with Gasteiger partial charge in [0.15, 0.2) is 12.1 Å². The van der Waals surface area contributed by atoms with Gasteiger partial charge in [-0.25, -0.2) is 4.90 Å². The fourth-order valence-electron chi connectivity index (χ4n) is 3.19. The van der Waals surface area contributed by atoms with Crippen LogP contribution < -0.4 is 20.3 Å². The number of nitrogens with zero attached hydrogens (tertiary/aromatic N) is 1. The van der Waals surface area contributed by atoms with E-state index in [1.165, 1.54) is 4.90 Å². The summed E-state index contributed by atoms with van der Waals surface area (Å²) < 4.78 is 5.37. The quantitative estimate of drug-likeness (QED) is 0.715. The number of benzene rings is 1. The van der Waals surface area contributed by atoms with Crippen LogP contribution in [0.5, 0.6) is 5.75 Å². The largest absolute Gasteiger partial charge is 0.494 e. The summed E-state index contributed by atoms with van der Waals surface area (Å²) in [5, 5.41) is 4.54. The number of piperidine rings is 1. The molecule has 1 aromatic carbocycles. The Morgan fingerprint density at radius 1 is 1.21 bits per heavy atom. The van der Waals surface area contributed by atoms with Gasteiger partial charge >= 0.3 is 0 Å². The minimum atomic E-state index is -0.530. The number of carbonyl (C=O) groups is 3. The van der Waals surface area contributed by atoms with Crippen LogP contribution in [0.4, 0.5) is 5.69 Å². The summed E-state index contributed by atoms with van der Waals surface area (Å²) in [6, 6.07) is 6.07. The van der Waals surface area contributed by atoms with Crippen LogP contribution in [-0.4, -0.2) is 43.0 Å². The number of nitrogens with one attached hydrogen (secondary N) is 1. The second-order valence-electron chi connectivity index (χ2n) is 6.04. The van der Waals surface area contributed by atoms with E-state index in [9.17, 15) is 14.4 Å². The van der Waals surface area contributed by atoms with E-state index in [2.05, 4.69) is 5.32 Å². The molecule has 0 aliphatic carbocycles. The van der Waals surface area contributed by atoms with E-state index in [1.54, 1.807) is 29.6 Å². The Bertz CT molecular complexity index is 644. The number of anilines is 1. The van der Waals surface area contributed by atoms with Crippen molar-refractivity contribution in [2.75, 3.05) is 18.1 Å². The topological polar surface area (TPSA) is 92.3 Å². The number of amides is 3. The standard InChI is InChI=1S/C17H21N3O4/c1-2-24-12-7-5-11(6-8-12)20-15(21)10-14(17(20)23)19-13-4-3-9-18-16(13)22/h5-8,13-14,19H,2-4,9-10H2,1H3,(H,18,22)/p+1/t13-,14-/m1/s1. The zero-order chi connectivity index (χ0) is 17.1. The number of rotatable bonds is 5. The monoisotopic (exact) mass is 332 g/mol. The fourth-order valence-corrected chi connectivity index (χ4v) is 3.19. The van der Waals surface area contributed by atoms with Gasteiger partial charge in [0.2, 0.25) is 5.91 Å². The average molecular weight is 332 g/mol. The highest BCUT2D eigenvalue weighted by atomic mass is 16.5. The fraction of sp³-hybridized carbons (Fsp3) is 0.471. The Labute approximate surface area is 140 Å². The highest BCUT2D eigenvalue weighted by Crippen LogP contribution is 2.24. The highest BCUT2D eigenvalue weighted by Gasteiger charge is 2.44. The minimum Gasteiger partial charge on any atom is -0.494 e.